The van der Waals surface area contributed by atoms with E-state index in [0.717, 1.165) is 37.6 Å². The highest BCUT2D eigenvalue weighted by Crippen LogP contribution is 2.39. The molecule has 0 unspecified atom stereocenters. The highest BCUT2D eigenvalue weighted by atomic mass is 35.5. The van der Waals surface area contributed by atoms with Crippen LogP contribution in [0, 0.1) is 0 Å². The van der Waals surface area contributed by atoms with Gasteiger partial charge in [0.2, 0.25) is 0 Å². The number of ether oxygens (including phenoxy) is 1. The van der Waals surface area contributed by atoms with Crippen LogP contribution in [-0.4, -0.2) is 53.7 Å². The van der Waals surface area contributed by atoms with Crippen LogP contribution in [-0.2, 0) is 4.74 Å². The van der Waals surface area contributed by atoms with Gasteiger partial charge in [-0.25, -0.2) is 14.8 Å². The Morgan fingerprint density at radius 3 is 2.67 bits per heavy atom. The molecule has 1 aromatic rings. The molecule has 2 aliphatic rings. The van der Waals surface area contributed by atoms with Crippen molar-refractivity contribution in [1.29, 1.82) is 0 Å². The zero-order chi connectivity index (χ0) is 14.8. The summed E-state index contributed by atoms with van der Waals surface area (Å²) in [5.41, 5.74) is 0. The summed E-state index contributed by atoms with van der Waals surface area (Å²) in [6, 6.07) is 1.80. The zero-order valence-corrected chi connectivity index (χ0v) is 12.8. The van der Waals surface area contributed by atoms with Crippen molar-refractivity contribution < 1.29 is 9.53 Å². The molecule has 0 spiro atoms. The third-order valence-electron chi connectivity index (χ3n) is 3.77. The van der Waals surface area contributed by atoms with E-state index in [-0.39, 0.29) is 6.09 Å². The number of aromatic nitrogens is 2. The molecule has 7 heteroatoms. The number of piperazine rings is 1. The molecular formula is C14H19ClN4O2. The van der Waals surface area contributed by atoms with Gasteiger partial charge in [0.25, 0.3) is 0 Å². The van der Waals surface area contributed by atoms with Crippen LogP contribution in [0.1, 0.15) is 31.5 Å². The standard InChI is InChI=1S/C14H19ClN4O2/c1-2-21-14(20)19-7-5-18(6-8-19)12-9-11(15)16-13(17-12)10-3-4-10/h9-10H,2-8H2,1H3. The van der Waals surface area contributed by atoms with E-state index in [4.69, 9.17) is 16.3 Å². The Balaban J connectivity index is 1.65. The van der Waals surface area contributed by atoms with Gasteiger partial charge in [0.15, 0.2) is 0 Å². The minimum atomic E-state index is -0.239. The van der Waals surface area contributed by atoms with E-state index in [1.165, 1.54) is 0 Å². The fourth-order valence-electron chi connectivity index (χ4n) is 2.44. The summed E-state index contributed by atoms with van der Waals surface area (Å²) in [6.45, 7) is 4.97. The lowest BCUT2D eigenvalue weighted by atomic mass is 10.3. The molecule has 3 rings (SSSR count). The van der Waals surface area contributed by atoms with Gasteiger partial charge in [-0.3, -0.25) is 0 Å². The highest BCUT2D eigenvalue weighted by molar-refractivity contribution is 6.29. The minimum Gasteiger partial charge on any atom is -0.450 e. The van der Waals surface area contributed by atoms with Crippen LogP contribution in [0.4, 0.5) is 10.6 Å². The largest absolute Gasteiger partial charge is 0.450 e. The van der Waals surface area contributed by atoms with Crippen molar-refractivity contribution in [2.75, 3.05) is 37.7 Å². The molecule has 0 aromatic carbocycles. The number of carbonyl (C=O) groups is 1. The van der Waals surface area contributed by atoms with Gasteiger partial charge >= 0.3 is 6.09 Å². The maximum absolute atomic E-state index is 11.7. The van der Waals surface area contributed by atoms with Gasteiger partial charge in [-0.1, -0.05) is 11.6 Å². The normalized spacial score (nSPS) is 18.8. The molecule has 1 aromatic heterocycles. The van der Waals surface area contributed by atoms with E-state index >= 15 is 0 Å². The Bertz CT molecular complexity index is 528. The van der Waals surface area contributed by atoms with Gasteiger partial charge < -0.3 is 14.5 Å². The first kappa shape index (κ1) is 14.4. The Morgan fingerprint density at radius 2 is 2.05 bits per heavy atom. The van der Waals surface area contributed by atoms with Gasteiger partial charge in [0.05, 0.1) is 6.61 Å². The average molecular weight is 311 g/mol. The monoisotopic (exact) mass is 310 g/mol. The number of amides is 1. The second kappa shape index (κ2) is 6.05. The Morgan fingerprint density at radius 1 is 1.33 bits per heavy atom. The fraction of sp³-hybridized carbons (Fsp3) is 0.643. The Hall–Kier alpha value is -1.56. The molecule has 2 fully saturated rings. The summed E-state index contributed by atoms with van der Waals surface area (Å²) in [5.74, 6) is 2.19. The van der Waals surface area contributed by atoms with Gasteiger partial charge in [0, 0.05) is 38.2 Å². The molecular weight excluding hydrogens is 292 g/mol. The van der Waals surface area contributed by atoms with Crippen LogP contribution < -0.4 is 4.90 Å². The van der Waals surface area contributed by atoms with Crippen molar-refractivity contribution >= 4 is 23.5 Å². The first-order valence-corrected chi connectivity index (χ1v) is 7.76. The van der Waals surface area contributed by atoms with Crippen LogP contribution in [0.3, 0.4) is 0 Å². The molecule has 21 heavy (non-hydrogen) atoms. The van der Waals surface area contributed by atoms with Crippen molar-refractivity contribution in [3.8, 4) is 0 Å². The molecule has 1 saturated carbocycles. The summed E-state index contributed by atoms with van der Waals surface area (Å²) in [4.78, 5) is 24.5. The number of carbonyl (C=O) groups excluding carboxylic acids is 1. The zero-order valence-electron chi connectivity index (χ0n) is 12.1. The summed E-state index contributed by atoms with van der Waals surface area (Å²) in [6.07, 6.45) is 2.06. The minimum absolute atomic E-state index is 0.239. The fourth-order valence-corrected chi connectivity index (χ4v) is 2.63. The van der Waals surface area contributed by atoms with Crippen LogP contribution in [0.5, 0.6) is 0 Å². The topological polar surface area (TPSA) is 58.6 Å². The number of hydrogen-bond donors (Lipinski definition) is 0. The lowest BCUT2D eigenvalue weighted by molar-refractivity contribution is 0.105. The van der Waals surface area contributed by atoms with E-state index in [1.807, 2.05) is 6.92 Å². The molecule has 6 nitrogen and oxygen atoms in total. The van der Waals surface area contributed by atoms with Crippen molar-refractivity contribution in [2.45, 2.75) is 25.7 Å². The number of halogens is 1. The molecule has 1 amide bonds. The maximum Gasteiger partial charge on any atom is 0.409 e. The third kappa shape index (κ3) is 3.37. The predicted octanol–water partition coefficient (Wildman–Crippen LogP) is 2.29. The first-order valence-electron chi connectivity index (χ1n) is 7.38. The van der Waals surface area contributed by atoms with Crippen LogP contribution in [0.2, 0.25) is 5.15 Å². The van der Waals surface area contributed by atoms with Crippen LogP contribution in [0.15, 0.2) is 6.07 Å². The second-order valence-corrected chi connectivity index (χ2v) is 5.74. The quantitative estimate of drug-likeness (QED) is 0.802. The molecule has 1 saturated heterocycles. The molecule has 1 aliphatic carbocycles. The van der Waals surface area contributed by atoms with Crippen molar-refractivity contribution in [2.24, 2.45) is 0 Å². The molecule has 2 heterocycles. The maximum atomic E-state index is 11.7. The van der Waals surface area contributed by atoms with Crippen molar-refractivity contribution in [1.82, 2.24) is 14.9 Å². The van der Waals surface area contributed by atoms with Crippen molar-refractivity contribution in [3.05, 3.63) is 17.0 Å². The number of rotatable bonds is 3. The van der Waals surface area contributed by atoms with Crippen molar-refractivity contribution in [3.63, 3.8) is 0 Å². The molecule has 0 N–H and O–H groups in total. The second-order valence-electron chi connectivity index (χ2n) is 5.35. The Labute approximate surface area is 129 Å². The Kier molecular flexibility index (Phi) is 4.14. The molecule has 0 radical (unpaired) electrons. The van der Waals surface area contributed by atoms with E-state index in [0.29, 0.717) is 30.8 Å². The van der Waals surface area contributed by atoms with Crippen LogP contribution >= 0.6 is 11.6 Å². The van der Waals surface area contributed by atoms with E-state index < -0.39 is 0 Å². The predicted molar refractivity (Wildman–Crippen MR) is 79.8 cm³/mol. The number of anilines is 1. The van der Waals surface area contributed by atoms with Gasteiger partial charge in [-0.15, -0.1) is 0 Å². The summed E-state index contributed by atoms with van der Waals surface area (Å²) >= 11 is 6.10. The van der Waals surface area contributed by atoms with E-state index in [1.54, 1.807) is 11.0 Å². The summed E-state index contributed by atoms with van der Waals surface area (Å²) in [7, 11) is 0. The summed E-state index contributed by atoms with van der Waals surface area (Å²) < 4.78 is 5.02. The SMILES string of the molecule is CCOC(=O)N1CCN(c2cc(Cl)nc(C3CC3)n2)CC1. The molecule has 0 bridgehead atoms. The van der Waals surface area contributed by atoms with E-state index in [9.17, 15) is 4.79 Å². The lowest BCUT2D eigenvalue weighted by Crippen LogP contribution is -2.49. The van der Waals surface area contributed by atoms with Gasteiger partial charge in [-0.2, -0.15) is 0 Å². The number of hydrogen-bond acceptors (Lipinski definition) is 5. The lowest BCUT2D eigenvalue weighted by Gasteiger charge is -2.34. The third-order valence-corrected chi connectivity index (χ3v) is 3.96. The average Bonchev–Trinajstić information content (AvgIpc) is 3.32. The van der Waals surface area contributed by atoms with Crippen LogP contribution in [0.25, 0.3) is 0 Å². The highest BCUT2D eigenvalue weighted by Gasteiger charge is 2.29. The van der Waals surface area contributed by atoms with Gasteiger partial charge in [0.1, 0.15) is 16.8 Å². The van der Waals surface area contributed by atoms with Gasteiger partial charge in [-0.05, 0) is 19.8 Å². The molecule has 1 aliphatic heterocycles. The smallest absolute Gasteiger partial charge is 0.409 e. The number of nitrogens with zero attached hydrogens (tertiary/aromatic N) is 4. The first-order chi connectivity index (χ1) is 10.2. The molecule has 114 valence electrons. The molecule has 0 atom stereocenters. The summed E-state index contributed by atoms with van der Waals surface area (Å²) in [5, 5.41) is 0.495. The van der Waals surface area contributed by atoms with E-state index in [2.05, 4.69) is 14.9 Å².